The highest BCUT2D eigenvalue weighted by molar-refractivity contribution is 9.10. The molecule has 0 atom stereocenters. The third kappa shape index (κ3) is 5.62. The van der Waals surface area contributed by atoms with Crippen LogP contribution in [0.3, 0.4) is 0 Å². The molecule has 0 spiro atoms. The van der Waals surface area contributed by atoms with E-state index in [-0.39, 0.29) is 17.6 Å². The van der Waals surface area contributed by atoms with Crippen molar-refractivity contribution in [2.45, 2.75) is 20.8 Å². The third-order valence-electron chi connectivity index (χ3n) is 4.39. The van der Waals surface area contributed by atoms with E-state index in [9.17, 15) is 9.90 Å². The van der Waals surface area contributed by atoms with Crippen LogP contribution >= 0.6 is 27.7 Å². The summed E-state index contributed by atoms with van der Waals surface area (Å²) in [4.78, 5) is 20.0. The second-order valence-corrected chi connectivity index (χ2v) is 9.21. The number of methoxy groups -OCH3 is 1. The molecule has 164 valence electrons. The summed E-state index contributed by atoms with van der Waals surface area (Å²) in [5, 5.41) is 11.2. The van der Waals surface area contributed by atoms with E-state index in [0.29, 0.717) is 34.5 Å². The topological polar surface area (TPSA) is 71.4 Å². The third-order valence-corrected chi connectivity index (χ3v) is 5.85. The van der Waals surface area contributed by atoms with Gasteiger partial charge in [-0.25, -0.2) is 4.99 Å². The molecule has 1 aliphatic rings. The number of ether oxygens (including phenoxy) is 2. The first-order valence-corrected chi connectivity index (χ1v) is 11.5. The van der Waals surface area contributed by atoms with Crippen LogP contribution in [0, 0.1) is 5.92 Å². The van der Waals surface area contributed by atoms with Crippen LogP contribution in [-0.2, 0) is 4.79 Å². The maximum atomic E-state index is 13.2. The molecule has 2 aromatic rings. The standard InChI is InChI=1S/C23H25BrN2O4S/c1-5-30-19-12-16(24)10-15(21(19)27)11-20-22(28)26(13-14(2)3)23(31-20)25-17-6-8-18(29-4)9-7-17/h6-12,14,27H,5,13H2,1-4H3. The van der Waals surface area contributed by atoms with Crippen molar-refractivity contribution in [1.29, 1.82) is 0 Å². The number of benzene rings is 2. The number of amides is 1. The number of phenols is 1. The van der Waals surface area contributed by atoms with Gasteiger partial charge in [0.15, 0.2) is 16.7 Å². The van der Waals surface area contributed by atoms with Crippen molar-refractivity contribution >= 4 is 50.5 Å². The van der Waals surface area contributed by atoms with Gasteiger partial charge in [-0.3, -0.25) is 9.69 Å². The van der Waals surface area contributed by atoms with Crippen molar-refractivity contribution in [3.05, 3.63) is 51.3 Å². The zero-order valence-corrected chi connectivity index (χ0v) is 20.3. The Kier molecular flexibility index (Phi) is 7.67. The van der Waals surface area contributed by atoms with Crippen LogP contribution in [0.4, 0.5) is 5.69 Å². The second kappa shape index (κ2) is 10.2. The lowest BCUT2D eigenvalue weighted by Crippen LogP contribution is -2.32. The second-order valence-electron chi connectivity index (χ2n) is 7.29. The molecule has 1 heterocycles. The quantitative estimate of drug-likeness (QED) is 0.480. The van der Waals surface area contributed by atoms with Gasteiger partial charge in [0.2, 0.25) is 0 Å². The molecule has 2 aromatic carbocycles. The lowest BCUT2D eigenvalue weighted by Gasteiger charge is -2.17. The van der Waals surface area contributed by atoms with Gasteiger partial charge in [-0.05, 0) is 67.1 Å². The van der Waals surface area contributed by atoms with Crippen molar-refractivity contribution in [2.75, 3.05) is 20.3 Å². The number of nitrogens with zero attached hydrogens (tertiary/aromatic N) is 2. The lowest BCUT2D eigenvalue weighted by atomic mass is 10.1. The number of aliphatic imine (C=N–C) groups is 1. The molecular weight excluding hydrogens is 480 g/mol. The Balaban J connectivity index is 1.99. The van der Waals surface area contributed by atoms with Crippen molar-refractivity contribution in [2.24, 2.45) is 10.9 Å². The molecule has 1 fully saturated rings. The summed E-state index contributed by atoms with van der Waals surface area (Å²) in [6.07, 6.45) is 1.68. The summed E-state index contributed by atoms with van der Waals surface area (Å²) in [6, 6.07) is 10.8. The Morgan fingerprint density at radius 1 is 1.26 bits per heavy atom. The van der Waals surface area contributed by atoms with Gasteiger partial charge < -0.3 is 14.6 Å². The number of thioether (sulfide) groups is 1. The summed E-state index contributed by atoms with van der Waals surface area (Å²) in [6.45, 7) is 6.93. The highest BCUT2D eigenvalue weighted by Crippen LogP contribution is 2.39. The van der Waals surface area contributed by atoms with Crippen molar-refractivity contribution in [1.82, 2.24) is 4.90 Å². The first-order valence-electron chi connectivity index (χ1n) is 9.91. The fourth-order valence-electron chi connectivity index (χ4n) is 3.00. The Bertz CT molecular complexity index is 1020. The van der Waals surface area contributed by atoms with Crippen LogP contribution in [0.5, 0.6) is 17.2 Å². The van der Waals surface area contributed by atoms with Crippen LogP contribution in [0.25, 0.3) is 6.08 Å². The minimum Gasteiger partial charge on any atom is -0.504 e. The molecule has 0 bridgehead atoms. The molecule has 3 rings (SSSR count). The Hall–Kier alpha value is -2.45. The number of carbonyl (C=O) groups is 1. The number of hydrogen-bond acceptors (Lipinski definition) is 6. The Morgan fingerprint density at radius 2 is 1.97 bits per heavy atom. The zero-order chi connectivity index (χ0) is 22.5. The predicted octanol–water partition coefficient (Wildman–Crippen LogP) is 5.82. The molecule has 0 saturated carbocycles. The number of hydrogen-bond donors (Lipinski definition) is 1. The molecule has 0 unspecified atom stereocenters. The van der Waals surface area contributed by atoms with E-state index in [1.54, 1.807) is 30.2 Å². The largest absolute Gasteiger partial charge is 0.504 e. The van der Waals surface area contributed by atoms with Gasteiger partial charge in [-0.15, -0.1) is 0 Å². The number of carbonyl (C=O) groups excluding carboxylic acids is 1. The molecule has 0 aliphatic carbocycles. The van der Waals surface area contributed by atoms with Crippen molar-refractivity contribution in [3.63, 3.8) is 0 Å². The van der Waals surface area contributed by atoms with E-state index in [2.05, 4.69) is 34.8 Å². The number of halogens is 1. The van der Waals surface area contributed by atoms with Gasteiger partial charge in [0.1, 0.15) is 5.75 Å². The molecule has 1 N–H and O–H groups in total. The van der Waals surface area contributed by atoms with Gasteiger partial charge >= 0.3 is 0 Å². The molecule has 0 aromatic heterocycles. The summed E-state index contributed by atoms with van der Waals surface area (Å²) in [7, 11) is 1.61. The first-order chi connectivity index (χ1) is 14.8. The molecule has 31 heavy (non-hydrogen) atoms. The SMILES string of the molecule is CCOc1cc(Br)cc(C=C2SC(=Nc3ccc(OC)cc3)N(CC(C)C)C2=O)c1O. The van der Waals surface area contributed by atoms with Crippen molar-refractivity contribution < 1.29 is 19.4 Å². The van der Waals surface area contributed by atoms with Gasteiger partial charge in [-0.2, -0.15) is 0 Å². The maximum absolute atomic E-state index is 13.2. The first kappa shape index (κ1) is 23.2. The molecule has 1 saturated heterocycles. The Morgan fingerprint density at radius 3 is 2.58 bits per heavy atom. The van der Waals surface area contributed by atoms with Crippen molar-refractivity contribution in [3.8, 4) is 17.2 Å². The smallest absolute Gasteiger partial charge is 0.266 e. The monoisotopic (exact) mass is 504 g/mol. The maximum Gasteiger partial charge on any atom is 0.266 e. The van der Waals surface area contributed by atoms with Gasteiger partial charge in [0.05, 0.1) is 24.3 Å². The average molecular weight is 505 g/mol. The van der Waals surface area contributed by atoms with E-state index in [4.69, 9.17) is 9.47 Å². The fraction of sp³-hybridized carbons (Fsp3) is 0.304. The van der Waals surface area contributed by atoms with E-state index < -0.39 is 0 Å². The highest BCUT2D eigenvalue weighted by Gasteiger charge is 2.34. The predicted molar refractivity (Wildman–Crippen MR) is 129 cm³/mol. The van der Waals surface area contributed by atoms with Gasteiger partial charge in [-0.1, -0.05) is 29.8 Å². The minimum atomic E-state index is -0.136. The lowest BCUT2D eigenvalue weighted by molar-refractivity contribution is -0.122. The van der Waals surface area contributed by atoms with Gasteiger partial charge in [0, 0.05) is 16.6 Å². The Labute approximate surface area is 195 Å². The number of rotatable bonds is 7. The molecule has 8 heteroatoms. The van der Waals surface area contributed by atoms with Crippen LogP contribution in [0.2, 0.25) is 0 Å². The van der Waals surface area contributed by atoms with Crippen LogP contribution in [-0.4, -0.2) is 41.3 Å². The zero-order valence-electron chi connectivity index (χ0n) is 17.9. The van der Waals surface area contributed by atoms with E-state index in [0.717, 1.165) is 15.9 Å². The van der Waals surface area contributed by atoms with Crippen LogP contribution in [0.1, 0.15) is 26.3 Å². The van der Waals surface area contributed by atoms with E-state index in [1.165, 1.54) is 11.8 Å². The summed E-state index contributed by atoms with van der Waals surface area (Å²) >= 11 is 4.73. The summed E-state index contributed by atoms with van der Waals surface area (Å²) in [5.74, 6) is 1.25. The molecule has 6 nitrogen and oxygen atoms in total. The molecule has 1 aliphatic heterocycles. The van der Waals surface area contributed by atoms with Crippen LogP contribution < -0.4 is 9.47 Å². The average Bonchev–Trinajstić information content (AvgIpc) is 3.00. The highest BCUT2D eigenvalue weighted by atomic mass is 79.9. The number of phenolic OH excluding ortho intramolecular Hbond substituents is 1. The molecule has 1 amide bonds. The van der Waals surface area contributed by atoms with Crippen LogP contribution in [0.15, 0.2) is 50.8 Å². The van der Waals surface area contributed by atoms with Gasteiger partial charge in [0.25, 0.3) is 5.91 Å². The minimum absolute atomic E-state index is 0.00176. The summed E-state index contributed by atoms with van der Waals surface area (Å²) in [5.41, 5.74) is 1.24. The normalized spacial score (nSPS) is 16.6. The molecular formula is C23H25BrN2O4S. The van der Waals surface area contributed by atoms with E-state index in [1.807, 2.05) is 31.2 Å². The van der Waals surface area contributed by atoms with E-state index >= 15 is 0 Å². The fourth-order valence-corrected chi connectivity index (χ4v) is 4.45. The summed E-state index contributed by atoms with van der Waals surface area (Å²) < 4.78 is 11.4. The number of amidine groups is 1. The molecule has 0 radical (unpaired) electrons. The number of aromatic hydroxyl groups is 1.